The Bertz CT molecular complexity index is 67.1. The highest BCUT2D eigenvalue weighted by Gasteiger charge is 2.17. The highest BCUT2D eigenvalue weighted by Crippen LogP contribution is 2.16. The van der Waals surface area contributed by atoms with Crippen molar-refractivity contribution in [1.82, 2.24) is 5.48 Å². The van der Waals surface area contributed by atoms with Crippen LogP contribution in [0.4, 0.5) is 0 Å². The van der Waals surface area contributed by atoms with Crippen LogP contribution in [0, 0.1) is 0 Å². The summed E-state index contributed by atoms with van der Waals surface area (Å²) in [6, 6.07) is 0. The van der Waals surface area contributed by atoms with E-state index in [2.05, 4.69) is 21.4 Å². The Morgan fingerprint density at radius 1 is 1.62 bits per heavy atom. The largest absolute Gasteiger partial charge is 0.343 e. The lowest BCUT2D eigenvalue weighted by Crippen LogP contribution is -2.28. The molecule has 0 aromatic heterocycles. The summed E-state index contributed by atoms with van der Waals surface area (Å²) in [5, 5.41) is 0. The number of hydrogen-bond acceptors (Lipinski definition) is 3. The van der Waals surface area contributed by atoms with Crippen molar-refractivity contribution in [3.8, 4) is 0 Å². The summed E-state index contributed by atoms with van der Waals surface area (Å²) in [6.45, 7) is 1.74. The van der Waals surface area contributed by atoms with Crippen LogP contribution in [0.5, 0.6) is 0 Å². The summed E-state index contributed by atoms with van der Waals surface area (Å²) in [4.78, 5) is 4.82. The van der Waals surface area contributed by atoms with E-state index in [1.165, 1.54) is 0 Å². The first-order valence-corrected chi connectivity index (χ1v) is 3.00. The number of nitrogens with one attached hydrogen (secondary N) is 1. The third-order valence-electron chi connectivity index (χ3n) is 0.649. The summed E-state index contributed by atoms with van der Waals surface area (Å²) in [6.07, 6.45) is 0. The molecule has 1 atom stereocenters. The third-order valence-corrected chi connectivity index (χ3v) is 1.13. The maximum atomic E-state index is 4.82. The molecule has 0 spiro atoms. The van der Waals surface area contributed by atoms with E-state index in [0.717, 1.165) is 0 Å². The molecule has 0 aliphatic heterocycles. The smallest absolute Gasteiger partial charge is 0.241 e. The standard InChI is InChI=1S/C4H10BrNO2/c1-4(5,7-3)8-6-2/h6H,1-3H3. The van der Waals surface area contributed by atoms with Crippen LogP contribution in [0.1, 0.15) is 6.92 Å². The molecule has 1 N–H and O–H groups in total. The fourth-order valence-electron chi connectivity index (χ4n) is 0.224. The van der Waals surface area contributed by atoms with Gasteiger partial charge in [-0.25, -0.2) is 5.48 Å². The van der Waals surface area contributed by atoms with Gasteiger partial charge in [-0.15, -0.1) is 0 Å². The second-order valence-corrected chi connectivity index (χ2v) is 2.79. The third kappa shape index (κ3) is 3.37. The first kappa shape index (κ1) is 8.36. The lowest BCUT2D eigenvalue weighted by atomic mass is 10.8. The summed E-state index contributed by atoms with van der Waals surface area (Å²) in [5.74, 6) is 0. The molecule has 4 heteroatoms. The van der Waals surface area contributed by atoms with Gasteiger partial charge in [-0.2, -0.15) is 0 Å². The zero-order valence-electron chi connectivity index (χ0n) is 5.19. The first-order valence-electron chi connectivity index (χ1n) is 2.21. The lowest BCUT2D eigenvalue weighted by molar-refractivity contribution is -0.169. The quantitative estimate of drug-likeness (QED) is 0.400. The van der Waals surface area contributed by atoms with Crippen molar-refractivity contribution in [2.75, 3.05) is 14.2 Å². The summed E-state index contributed by atoms with van der Waals surface area (Å²) < 4.78 is 4.10. The second-order valence-electron chi connectivity index (χ2n) is 1.35. The van der Waals surface area contributed by atoms with Crippen molar-refractivity contribution in [3.05, 3.63) is 0 Å². The minimum atomic E-state index is -0.707. The number of ether oxygens (including phenoxy) is 1. The maximum Gasteiger partial charge on any atom is 0.241 e. The molecule has 0 aromatic rings. The van der Waals surface area contributed by atoms with Crippen LogP contribution in [-0.4, -0.2) is 18.9 Å². The number of halogens is 1. The molecular formula is C4H10BrNO2. The van der Waals surface area contributed by atoms with Gasteiger partial charge in [0, 0.05) is 21.1 Å². The predicted octanol–water partition coefficient (Wildman–Crippen LogP) is 0.852. The topological polar surface area (TPSA) is 30.5 Å². The van der Waals surface area contributed by atoms with Crippen molar-refractivity contribution in [2.24, 2.45) is 0 Å². The fraction of sp³-hybridized carbons (Fsp3) is 1.00. The van der Waals surface area contributed by atoms with E-state index in [1.807, 2.05) is 0 Å². The van der Waals surface area contributed by atoms with Gasteiger partial charge < -0.3 is 4.74 Å². The lowest BCUT2D eigenvalue weighted by Gasteiger charge is -2.18. The van der Waals surface area contributed by atoms with Crippen molar-refractivity contribution in [3.63, 3.8) is 0 Å². The molecule has 0 radical (unpaired) electrons. The van der Waals surface area contributed by atoms with E-state index in [1.54, 1.807) is 21.1 Å². The molecule has 0 aliphatic carbocycles. The molecule has 0 heterocycles. The molecule has 0 saturated carbocycles. The average Bonchev–Trinajstić information content (AvgIpc) is 1.67. The van der Waals surface area contributed by atoms with E-state index >= 15 is 0 Å². The number of methoxy groups -OCH3 is 1. The van der Waals surface area contributed by atoms with Gasteiger partial charge >= 0.3 is 0 Å². The van der Waals surface area contributed by atoms with Crippen LogP contribution >= 0.6 is 15.9 Å². The van der Waals surface area contributed by atoms with Crippen LogP contribution in [0.2, 0.25) is 0 Å². The molecular weight excluding hydrogens is 174 g/mol. The van der Waals surface area contributed by atoms with Gasteiger partial charge in [-0.3, -0.25) is 4.84 Å². The Balaban J connectivity index is 3.37. The Labute approximate surface area is 57.4 Å². The molecule has 3 nitrogen and oxygen atoms in total. The average molecular weight is 184 g/mol. The summed E-state index contributed by atoms with van der Waals surface area (Å²) in [5.41, 5.74) is 2.49. The van der Waals surface area contributed by atoms with Gasteiger partial charge in [-0.1, -0.05) is 0 Å². The van der Waals surface area contributed by atoms with Gasteiger partial charge in [-0.05, 0) is 15.9 Å². The molecule has 0 saturated heterocycles. The Kier molecular flexibility index (Phi) is 3.55. The van der Waals surface area contributed by atoms with Crippen LogP contribution in [0.25, 0.3) is 0 Å². The molecule has 50 valence electrons. The number of hydroxylamine groups is 1. The molecule has 0 rings (SSSR count). The highest BCUT2D eigenvalue weighted by molar-refractivity contribution is 9.10. The van der Waals surface area contributed by atoms with Crippen LogP contribution in [0.15, 0.2) is 0 Å². The highest BCUT2D eigenvalue weighted by atomic mass is 79.9. The zero-order valence-corrected chi connectivity index (χ0v) is 6.78. The van der Waals surface area contributed by atoms with Crippen LogP contribution in [-0.2, 0) is 9.57 Å². The normalized spacial score (nSPS) is 18.0. The number of hydrogen-bond donors (Lipinski definition) is 1. The minimum Gasteiger partial charge on any atom is -0.343 e. The van der Waals surface area contributed by atoms with Gasteiger partial charge in [0.05, 0.1) is 0 Å². The molecule has 0 amide bonds. The maximum absolute atomic E-state index is 4.82. The van der Waals surface area contributed by atoms with Crippen molar-refractivity contribution < 1.29 is 9.57 Å². The SMILES string of the molecule is CNOC(C)(Br)OC. The Morgan fingerprint density at radius 2 is 2.12 bits per heavy atom. The Hall–Kier alpha value is 0.360. The van der Waals surface area contributed by atoms with E-state index in [-0.39, 0.29) is 0 Å². The second kappa shape index (κ2) is 3.40. The van der Waals surface area contributed by atoms with Gasteiger partial charge in [0.2, 0.25) is 4.70 Å². The van der Waals surface area contributed by atoms with E-state index in [0.29, 0.717) is 0 Å². The van der Waals surface area contributed by atoms with Gasteiger partial charge in [0.1, 0.15) is 0 Å². The summed E-state index contributed by atoms with van der Waals surface area (Å²) in [7, 11) is 3.21. The molecule has 8 heavy (non-hydrogen) atoms. The zero-order chi connectivity index (χ0) is 6.62. The predicted molar refractivity (Wildman–Crippen MR) is 34.5 cm³/mol. The summed E-state index contributed by atoms with van der Waals surface area (Å²) >= 11 is 3.13. The van der Waals surface area contributed by atoms with Gasteiger partial charge in [0.25, 0.3) is 0 Å². The molecule has 0 fully saturated rings. The van der Waals surface area contributed by atoms with Crippen molar-refractivity contribution in [2.45, 2.75) is 11.6 Å². The number of alkyl halides is 1. The first-order chi connectivity index (χ1) is 3.62. The number of rotatable bonds is 3. The molecule has 0 bridgehead atoms. The van der Waals surface area contributed by atoms with Crippen LogP contribution < -0.4 is 5.48 Å². The van der Waals surface area contributed by atoms with Gasteiger partial charge in [0.15, 0.2) is 0 Å². The Morgan fingerprint density at radius 3 is 2.25 bits per heavy atom. The monoisotopic (exact) mass is 183 g/mol. The van der Waals surface area contributed by atoms with Crippen molar-refractivity contribution in [1.29, 1.82) is 0 Å². The molecule has 0 aromatic carbocycles. The molecule has 1 unspecified atom stereocenters. The molecule has 0 aliphatic rings. The van der Waals surface area contributed by atoms with Crippen LogP contribution in [0.3, 0.4) is 0 Å². The van der Waals surface area contributed by atoms with E-state index < -0.39 is 4.70 Å². The van der Waals surface area contributed by atoms with Crippen molar-refractivity contribution >= 4 is 15.9 Å². The van der Waals surface area contributed by atoms with E-state index in [9.17, 15) is 0 Å². The fourth-order valence-corrected chi connectivity index (χ4v) is 0.386. The van der Waals surface area contributed by atoms with E-state index in [4.69, 9.17) is 9.57 Å². The minimum absolute atomic E-state index is 0.707.